The van der Waals surface area contributed by atoms with E-state index in [4.69, 9.17) is 20.8 Å². The Hall–Kier alpha value is -3.60. The molecule has 1 aromatic carbocycles. The van der Waals surface area contributed by atoms with Crippen LogP contribution < -0.4 is 5.32 Å². The van der Waals surface area contributed by atoms with Crippen LogP contribution in [0.1, 0.15) is 39.8 Å². The summed E-state index contributed by atoms with van der Waals surface area (Å²) < 4.78 is 49.7. The van der Waals surface area contributed by atoms with Crippen molar-refractivity contribution >= 4 is 40.1 Å². The van der Waals surface area contributed by atoms with Crippen LogP contribution in [0.4, 0.5) is 13.2 Å². The summed E-state index contributed by atoms with van der Waals surface area (Å²) in [6.45, 7) is 1.11. The molecule has 1 amide bonds. The van der Waals surface area contributed by atoms with Crippen molar-refractivity contribution in [3.8, 4) is 0 Å². The third kappa shape index (κ3) is 5.08. The summed E-state index contributed by atoms with van der Waals surface area (Å²) in [6, 6.07) is 6.01. The molecule has 0 bridgehead atoms. The molecule has 0 aliphatic heterocycles. The Morgan fingerprint density at radius 3 is 2.82 bits per heavy atom. The van der Waals surface area contributed by atoms with Crippen LogP contribution in [0, 0.1) is 0 Å². The molecule has 3 aromatic heterocycles. The van der Waals surface area contributed by atoms with E-state index in [-0.39, 0.29) is 28.3 Å². The summed E-state index contributed by atoms with van der Waals surface area (Å²) in [5, 5.41) is 7.33. The molecule has 1 unspecified atom stereocenters. The molecule has 0 fully saturated rings. The predicted molar refractivity (Wildman–Crippen MR) is 111 cm³/mol. The molecule has 0 saturated carbocycles. The van der Waals surface area contributed by atoms with Crippen LogP contribution in [0.15, 0.2) is 47.3 Å². The molecule has 8 nitrogen and oxygen atoms in total. The van der Waals surface area contributed by atoms with E-state index in [2.05, 4.69) is 15.4 Å². The van der Waals surface area contributed by atoms with E-state index in [1.165, 1.54) is 29.0 Å². The van der Waals surface area contributed by atoms with Crippen LogP contribution in [0.3, 0.4) is 0 Å². The smallest absolute Gasteiger partial charge is 0.392 e. The first-order valence-corrected chi connectivity index (χ1v) is 10.0. The van der Waals surface area contributed by atoms with E-state index in [1.54, 1.807) is 18.3 Å². The Balaban J connectivity index is 1.52. The van der Waals surface area contributed by atoms with Gasteiger partial charge in [0.05, 0.1) is 19.2 Å². The number of benzene rings is 1. The first-order chi connectivity index (χ1) is 15.6. The lowest BCUT2D eigenvalue weighted by Gasteiger charge is -2.15. The third-order valence-corrected chi connectivity index (χ3v) is 4.84. The molecule has 1 atom stereocenters. The Bertz CT molecular complexity index is 1350. The number of ether oxygens (including phenoxy) is 1. The summed E-state index contributed by atoms with van der Waals surface area (Å²) >= 11 is 6.06. The Morgan fingerprint density at radius 1 is 1.27 bits per heavy atom. The zero-order valence-corrected chi connectivity index (χ0v) is 17.8. The number of carbonyl (C=O) groups excluding carboxylic acids is 2. The molecule has 4 aromatic rings. The SMILES string of the molecule is CC(CC(F)(F)F)OC(=O)c1cc(Cl)cc2cc(CNC(=O)c3cnn4cccnc34)oc12. The summed E-state index contributed by atoms with van der Waals surface area (Å²) in [6.07, 6.45) is -2.58. The van der Waals surface area contributed by atoms with E-state index >= 15 is 0 Å². The van der Waals surface area contributed by atoms with Gasteiger partial charge in [-0.25, -0.2) is 14.3 Å². The van der Waals surface area contributed by atoms with Gasteiger partial charge in [0.25, 0.3) is 5.91 Å². The molecule has 0 aliphatic rings. The maximum atomic E-state index is 12.5. The second kappa shape index (κ2) is 8.74. The molecule has 0 radical (unpaired) electrons. The fourth-order valence-electron chi connectivity index (χ4n) is 3.27. The van der Waals surface area contributed by atoms with Gasteiger partial charge in [-0.2, -0.15) is 18.3 Å². The molecule has 0 saturated heterocycles. The number of halogens is 4. The van der Waals surface area contributed by atoms with Crippen LogP contribution in [0.5, 0.6) is 0 Å². The molecular formula is C21H16ClF3N4O4. The van der Waals surface area contributed by atoms with Gasteiger partial charge < -0.3 is 14.5 Å². The van der Waals surface area contributed by atoms with E-state index < -0.39 is 30.6 Å². The van der Waals surface area contributed by atoms with Gasteiger partial charge in [0.15, 0.2) is 5.65 Å². The highest BCUT2D eigenvalue weighted by molar-refractivity contribution is 6.32. The molecule has 1 N–H and O–H groups in total. The van der Waals surface area contributed by atoms with E-state index in [1.807, 2.05) is 0 Å². The molecule has 172 valence electrons. The van der Waals surface area contributed by atoms with Crippen LogP contribution in [-0.2, 0) is 11.3 Å². The number of hydrogen-bond donors (Lipinski definition) is 1. The number of amides is 1. The molecule has 0 spiro atoms. The quantitative estimate of drug-likeness (QED) is 0.406. The molecule has 33 heavy (non-hydrogen) atoms. The maximum Gasteiger partial charge on any atom is 0.392 e. The van der Waals surface area contributed by atoms with Crippen molar-refractivity contribution in [2.45, 2.75) is 32.2 Å². The van der Waals surface area contributed by atoms with Crippen LogP contribution >= 0.6 is 11.6 Å². The highest BCUT2D eigenvalue weighted by Gasteiger charge is 2.32. The largest absolute Gasteiger partial charge is 0.459 e. The van der Waals surface area contributed by atoms with Gasteiger partial charge in [-0.1, -0.05) is 11.6 Å². The second-order valence-corrected chi connectivity index (χ2v) is 7.68. The molecule has 0 aliphatic carbocycles. The number of alkyl halides is 3. The van der Waals surface area contributed by atoms with Crippen molar-refractivity contribution in [3.05, 3.63) is 64.8 Å². The van der Waals surface area contributed by atoms with Gasteiger partial charge in [-0.15, -0.1) is 0 Å². The van der Waals surface area contributed by atoms with Crippen LogP contribution in [0.25, 0.3) is 16.6 Å². The van der Waals surface area contributed by atoms with Crippen molar-refractivity contribution < 1.29 is 31.9 Å². The standard InChI is InChI=1S/C21H16ClF3N4O4/c1-11(8-21(23,24)25)32-20(31)15-7-13(22)5-12-6-14(33-17(12)15)9-27-19(30)16-10-28-29-4-2-3-26-18(16)29/h2-7,10-11H,8-9H2,1H3,(H,27,30). The number of hydrogen-bond acceptors (Lipinski definition) is 6. The Kier molecular flexibility index (Phi) is 5.98. The Morgan fingerprint density at radius 2 is 2.06 bits per heavy atom. The summed E-state index contributed by atoms with van der Waals surface area (Å²) in [5.74, 6) is -1.15. The number of nitrogens with zero attached hydrogens (tertiary/aromatic N) is 3. The van der Waals surface area contributed by atoms with Crippen molar-refractivity contribution in [1.29, 1.82) is 0 Å². The average molecular weight is 481 g/mol. The fourth-order valence-corrected chi connectivity index (χ4v) is 3.50. The predicted octanol–water partition coefficient (Wildman–Crippen LogP) is 4.56. The van der Waals surface area contributed by atoms with Gasteiger partial charge in [0.1, 0.15) is 28.6 Å². The fraction of sp³-hybridized carbons (Fsp3) is 0.238. The molecular weight excluding hydrogens is 465 g/mol. The maximum absolute atomic E-state index is 12.5. The number of esters is 1. The number of rotatable bonds is 6. The normalized spacial score (nSPS) is 12.8. The van der Waals surface area contributed by atoms with Crippen molar-refractivity contribution in [3.63, 3.8) is 0 Å². The van der Waals surface area contributed by atoms with Crippen molar-refractivity contribution in [2.24, 2.45) is 0 Å². The lowest BCUT2D eigenvalue weighted by molar-refractivity contribution is -0.152. The van der Waals surface area contributed by atoms with E-state index in [9.17, 15) is 22.8 Å². The molecule has 4 rings (SSSR count). The van der Waals surface area contributed by atoms with Gasteiger partial charge in [0, 0.05) is 22.8 Å². The van der Waals surface area contributed by atoms with Crippen LogP contribution in [0.2, 0.25) is 5.02 Å². The monoisotopic (exact) mass is 480 g/mol. The topological polar surface area (TPSA) is 98.7 Å². The first kappa shape index (κ1) is 22.6. The first-order valence-electron chi connectivity index (χ1n) is 9.67. The highest BCUT2D eigenvalue weighted by Crippen LogP contribution is 2.29. The minimum atomic E-state index is -4.48. The highest BCUT2D eigenvalue weighted by atomic mass is 35.5. The summed E-state index contributed by atoms with van der Waals surface area (Å²) in [5.41, 5.74) is 0.614. The number of carbonyl (C=O) groups is 2. The molecule has 12 heteroatoms. The van der Waals surface area contributed by atoms with E-state index in [0.29, 0.717) is 16.8 Å². The van der Waals surface area contributed by atoms with Crippen LogP contribution in [-0.4, -0.2) is 38.8 Å². The van der Waals surface area contributed by atoms with Gasteiger partial charge in [-0.05, 0) is 31.2 Å². The van der Waals surface area contributed by atoms with Gasteiger partial charge in [0.2, 0.25) is 0 Å². The molecule has 3 heterocycles. The number of nitrogens with one attached hydrogen (secondary N) is 1. The number of furan rings is 1. The zero-order valence-electron chi connectivity index (χ0n) is 17.0. The number of aromatic nitrogens is 3. The Labute approximate surface area is 189 Å². The zero-order chi connectivity index (χ0) is 23.8. The third-order valence-electron chi connectivity index (χ3n) is 4.63. The van der Waals surface area contributed by atoms with Crippen molar-refractivity contribution in [2.75, 3.05) is 0 Å². The lowest BCUT2D eigenvalue weighted by atomic mass is 10.1. The minimum Gasteiger partial charge on any atom is -0.459 e. The second-order valence-electron chi connectivity index (χ2n) is 7.25. The number of fused-ring (bicyclic) bond motifs is 2. The average Bonchev–Trinajstić information content (AvgIpc) is 3.33. The summed E-state index contributed by atoms with van der Waals surface area (Å²) in [7, 11) is 0. The lowest BCUT2D eigenvalue weighted by Crippen LogP contribution is -2.22. The van der Waals surface area contributed by atoms with E-state index in [0.717, 1.165) is 6.92 Å². The van der Waals surface area contributed by atoms with Gasteiger partial charge in [-0.3, -0.25) is 4.79 Å². The van der Waals surface area contributed by atoms with Gasteiger partial charge >= 0.3 is 12.1 Å². The summed E-state index contributed by atoms with van der Waals surface area (Å²) in [4.78, 5) is 29.1. The minimum absolute atomic E-state index is 0.0335. The van der Waals surface area contributed by atoms with Crippen molar-refractivity contribution in [1.82, 2.24) is 19.9 Å².